The number of nitrogen functional groups attached to an aromatic ring is 1. The Morgan fingerprint density at radius 3 is 2.67 bits per heavy atom. The van der Waals surface area contributed by atoms with Gasteiger partial charge in [-0.05, 0) is 32.1 Å². The predicted octanol–water partition coefficient (Wildman–Crippen LogP) is 2.49. The van der Waals surface area contributed by atoms with E-state index in [2.05, 4.69) is 9.97 Å². The topological polar surface area (TPSA) is 94.0 Å². The Labute approximate surface area is 144 Å². The highest BCUT2D eigenvalue weighted by Gasteiger charge is 2.28. The number of thioether (sulfide) groups is 1. The molecule has 2 aromatic heterocycles. The van der Waals surface area contributed by atoms with Crippen molar-refractivity contribution in [2.45, 2.75) is 67.5 Å². The maximum absolute atomic E-state index is 12.3. The third-order valence-corrected chi connectivity index (χ3v) is 6.35. The lowest BCUT2D eigenvalue weighted by Crippen LogP contribution is -2.22. The number of nitrogens with two attached hydrogens (primary N) is 1. The van der Waals surface area contributed by atoms with Gasteiger partial charge in [0.05, 0.1) is 12.1 Å². The molecule has 6 nitrogen and oxygen atoms in total. The van der Waals surface area contributed by atoms with Gasteiger partial charge in [-0.2, -0.15) is 0 Å². The van der Waals surface area contributed by atoms with Gasteiger partial charge in [-0.3, -0.25) is 4.79 Å². The molecule has 2 aliphatic carbocycles. The second-order valence-electron chi connectivity index (χ2n) is 6.77. The van der Waals surface area contributed by atoms with Crippen molar-refractivity contribution in [2.24, 2.45) is 0 Å². The molecular formula is C17H22N4O2S. The molecule has 2 saturated carbocycles. The Bertz CT molecular complexity index is 816. The molecule has 0 spiro atoms. The van der Waals surface area contributed by atoms with Crippen molar-refractivity contribution in [1.82, 2.24) is 14.5 Å². The van der Waals surface area contributed by atoms with E-state index in [4.69, 9.17) is 5.73 Å². The summed E-state index contributed by atoms with van der Waals surface area (Å²) in [4.78, 5) is 21.3. The minimum Gasteiger partial charge on any atom is -0.391 e. The van der Waals surface area contributed by atoms with E-state index in [-0.39, 0.29) is 17.3 Å². The summed E-state index contributed by atoms with van der Waals surface area (Å²) in [6.07, 6.45) is 8.82. The summed E-state index contributed by atoms with van der Waals surface area (Å²) in [5.74, 6) is 0.243. The molecule has 0 aliphatic heterocycles. The van der Waals surface area contributed by atoms with Gasteiger partial charge in [0.25, 0.3) is 0 Å². The predicted molar refractivity (Wildman–Crippen MR) is 95.2 cm³/mol. The second-order valence-corrected chi connectivity index (χ2v) is 8.03. The van der Waals surface area contributed by atoms with Gasteiger partial charge in [-0.25, -0.2) is 9.97 Å². The zero-order valence-electron chi connectivity index (χ0n) is 13.5. The van der Waals surface area contributed by atoms with Gasteiger partial charge in [-0.15, -0.1) is 0 Å². The van der Waals surface area contributed by atoms with Gasteiger partial charge in [-0.1, -0.05) is 24.6 Å². The minimum absolute atomic E-state index is 0.0493. The Hall–Kier alpha value is -1.60. The molecule has 2 aromatic rings. The molecule has 0 radical (unpaired) electrons. The second kappa shape index (κ2) is 6.37. The lowest BCUT2D eigenvalue weighted by Gasteiger charge is -2.21. The van der Waals surface area contributed by atoms with Crippen LogP contribution in [0.25, 0.3) is 11.0 Å². The normalized spacial score (nSPS) is 24.9. The number of anilines is 1. The Morgan fingerprint density at radius 1 is 1.17 bits per heavy atom. The van der Waals surface area contributed by atoms with Crippen molar-refractivity contribution in [2.75, 3.05) is 5.73 Å². The summed E-state index contributed by atoms with van der Waals surface area (Å²) in [7, 11) is 0. The third-order valence-electron chi connectivity index (χ3n) is 5.15. The van der Waals surface area contributed by atoms with Crippen molar-refractivity contribution in [3.05, 3.63) is 22.5 Å². The van der Waals surface area contributed by atoms with E-state index in [1.54, 1.807) is 18.0 Å². The molecular weight excluding hydrogens is 324 g/mol. The minimum atomic E-state index is -0.405. The van der Waals surface area contributed by atoms with Crippen LogP contribution in [-0.4, -0.2) is 31.0 Å². The van der Waals surface area contributed by atoms with Gasteiger partial charge in [0, 0.05) is 17.5 Å². The fourth-order valence-corrected chi connectivity index (χ4v) is 5.05. The molecule has 2 fully saturated rings. The quantitative estimate of drug-likeness (QED) is 0.829. The summed E-state index contributed by atoms with van der Waals surface area (Å²) in [6, 6.07) is 1.45. The zero-order valence-corrected chi connectivity index (χ0v) is 14.3. The standard InChI is InChI=1S/C17H22N4O2S/c18-15-14-13(23)8-9-21(11-6-3-7-12(11)22)16(14)20-17(19-15)24-10-4-1-2-5-10/h8-12,22H,1-7H2,(H2,18,19,20)/t11-,12-/m0/s1. The molecule has 0 saturated heterocycles. The van der Waals surface area contributed by atoms with Crippen LogP contribution < -0.4 is 11.2 Å². The van der Waals surface area contributed by atoms with Crippen LogP contribution in [0.5, 0.6) is 0 Å². The first kappa shape index (κ1) is 15.9. The summed E-state index contributed by atoms with van der Waals surface area (Å²) in [6.45, 7) is 0. The number of fused-ring (bicyclic) bond motifs is 1. The van der Waals surface area contributed by atoms with E-state index in [9.17, 15) is 9.90 Å². The number of aliphatic hydroxyl groups is 1. The zero-order chi connectivity index (χ0) is 16.7. The number of nitrogens with zero attached hydrogens (tertiary/aromatic N) is 3. The number of hydrogen-bond acceptors (Lipinski definition) is 6. The molecule has 4 rings (SSSR count). The summed E-state index contributed by atoms with van der Waals surface area (Å²) >= 11 is 1.66. The lowest BCUT2D eigenvalue weighted by atomic mass is 10.2. The first-order valence-electron chi connectivity index (χ1n) is 8.66. The van der Waals surface area contributed by atoms with E-state index in [1.807, 2.05) is 4.57 Å². The van der Waals surface area contributed by atoms with Crippen LogP contribution in [0.15, 0.2) is 22.2 Å². The van der Waals surface area contributed by atoms with E-state index in [1.165, 1.54) is 31.7 Å². The number of hydrogen-bond donors (Lipinski definition) is 2. The van der Waals surface area contributed by atoms with Gasteiger partial charge < -0.3 is 15.4 Å². The van der Waals surface area contributed by atoms with E-state index in [0.717, 1.165) is 19.3 Å². The molecule has 0 unspecified atom stereocenters. The molecule has 7 heteroatoms. The van der Waals surface area contributed by atoms with Gasteiger partial charge in [0.2, 0.25) is 0 Å². The van der Waals surface area contributed by atoms with Crippen LogP contribution in [0.3, 0.4) is 0 Å². The maximum atomic E-state index is 12.3. The van der Waals surface area contributed by atoms with Crippen LogP contribution in [0.4, 0.5) is 5.82 Å². The van der Waals surface area contributed by atoms with E-state index in [0.29, 0.717) is 21.4 Å². The number of rotatable bonds is 3. The molecule has 128 valence electrons. The van der Waals surface area contributed by atoms with Gasteiger partial charge >= 0.3 is 0 Å². The van der Waals surface area contributed by atoms with Gasteiger partial charge in [0.15, 0.2) is 16.2 Å². The average molecular weight is 346 g/mol. The highest BCUT2D eigenvalue weighted by atomic mass is 32.2. The fraction of sp³-hybridized carbons (Fsp3) is 0.588. The molecule has 0 bridgehead atoms. The van der Waals surface area contributed by atoms with Crippen molar-refractivity contribution in [3.63, 3.8) is 0 Å². The molecule has 2 aliphatic rings. The molecule has 2 heterocycles. The number of pyridine rings is 1. The van der Waals surface area contributed by atoms with Crippen molar-refractivity contribution < 1.29 is 5.11 Å². The fourth-order valence-electron chi connectivity index (χ4n) is 3.89. The molecule has 0 aromatic carbocycles. The first-order chi connectivity index (χ1) is 11.6. The highest BCUT2D eigenvalue weighted by Crippen LogP contribution is 2.35. The average Bonchev–Trinajstić information content (AvgIpc) is 3.19. The molecule has 3 N–H and O–H groups in total. The van der Waals surface area contributed by atoms with Crippen LogP contribution in [0.1, 0.15) is 51.0 Å². The summed E-state index contributed by atoms with van der Waals surface area (Å²) in [5, 5.41) is 11.8. The molecule has 24 heavy (non-hydrogen) atoms. The highest BCUT2D eigenvalue weighted by molar-refractivity contribution is 7.99. The van der Waals surface area contributed by atoms with Crippen LogP contribution in [-0.2, 0) is 0 Å². The number of aliphatic hydroxyl groups excluding tert-OH is 1. The first-order valence-corrected chi connectivity index (χ1v) is 9.54. The Balaban J connectivity index is 1.82. The van der Waals surface area contributed by atoms with Crippen molar-refractivity contribution in [3.8, 4) is 0 Å². The van der Waals surface area contributed by atoms with E-state index < -0.39 is 6.10 Å². The monoisotopic (exact) mass is 346 g/mol. The van der Waals surface area contributed by atoms with Crippen molar-refractivity contribution in [1.29, 1.82) is 0 Å². The van der Waals surface area contributed by atoms with E-state index >= 15 is 0 Å². The molecule has 2 atom stereocenters. The Morgan fingerprint density at radius 2 is 1.96 bits per heavy atom. The van der Waals surface area contributed by atoms with Crippen molar-refractivity contribution >= 4 is 28.6 Å². The third kappa shape index (κ3) is 2.80. The van der Waals surface area contributed by atoms with Gasteiger partial charge in [0.1, 0.15) is 11.2 Å². The summed E-state index contributed by atoms with van der Waals surface area (Å²) < 4.78 is 1.92. The van der Waals surface area contributed by atoms with Crippen LogP contribution in [0, 0.1) is 0 Å². The SMILES string of the molecule is Nc1nc(SC2CCCC2)nc2c1c(=O)ccn2[C@H]1CCC[C@@H]1O. The maximum Gasteiger partial charge on any atom is 0.194 e. The Kier molecular flexibility index (Phi) is 4.22. The smallest absolute Gasteiger partial charge is 0.194 e. The summed E-state index contributed by atoms with van der Waals surface area (Å²) in [5.41, 5.74) is 6.49. The molecule has 0 amide bonds. The number of aromatic nitrogens is 3. The largest absolute Gasteiger partial charge is 0.391 e. The van der Waals surface area contributed by atoms with Crippen LogP contribution >= 0.6 is 11.8 Å². The van der Waals surface area contributed by atoms with Crippen LogP contribution in [0.2, 0.25) is 0 Å². The lowest BCUT2D eigenvalue weighted by molar-refractivity contribution is 0.138.